The Balaban J connectivity index is 3.99. The Morgan fingerprint density at radius 2 is 2.27 bits per heavy atom. The molecule has 0 radical (unpaired) electrons. The van der Waals surface area contributed by atoms with Crippen LogP contribution in [-0.4, -0.2) is 23.1 Å². The van der Waals surface area contributed by atoms with Crippen molar-refractivity contribution >= 4 is 17.7 Å². The van der Waals surface area contributed by atoms with Crippen molar-refractivity contribution in [1.29, 1.82) is 0 Å². The Labute approximate surface area is 72.2 Å². The molecule has 0 bridgehead atoms. The van der Waals surface area contributed by atoms with E-state index >= 15 is 0 Å². The zero-order valence-corrected chi connectivity index (χ0v) is 7.73. The summed E-state index contributed by atoms with van der Waals surface area (Å²) in [6.45, 7) is 1.97. The number of methoxy groups -OCH3 is 1. The third kappa shape index (κ3) is 3.22. The summed E-state index contributed by atoms with van der Waals surface area (Å²) < 4.78 is 4.63. The number of aliphatic hydroxyl groups is 1. The average Bonchev–Trinajstić information content (AvgIpc) is 2.00. The highest BCUT2D eigenvalue weighted by molar-refractivity contribution is 7.96. The number of thiol groups is 1. The number of ether oxygens (including phenoxy) is 1. The molecule has 0 saturated heterocycles. The highest BCUT2D eigenvalue weighted by Gasteiger charge is 2.32. The van der Waals surface area contributed by atoms with Gasteiger partial charge in [-0.15, -0.1) is 0 Å². The average molecular weight is 178 g/mol. The number of rotatable bonds is 5. The maximum absolute atomic E-state index is 10.7. The monoisotopic (exact) mass is 178 g/mol. The summed E-state index contributed by atoms with van der Waals surface area (Å²) in [5, 5.41) is 8.75. The van der Waals surface area contributed by atoms with Crippen LogP contribution in [0.2, 0.25) is 0 Å². The number of carbonyl (C=O) groups is 1. The summed E-state index contributed by atoms with van der Waals surface area (Å²) in [6.07, 6.45) is 1.96. The van der Waals surface area contributed by atoms with Crippen LogP contribution in [0, 0.1) is 0 Å². The van der Waals surface area contributed by atoms with Gasteiger partial charge in [-0.25, -0.2) is 0 Å². The number of hydrogen-bond donors (Lipinski definition) is 2. The summed E-state index contributed by atoms with van der Waals surface area (Å²) in [5.41, 5.74) is 0. The van der Waals surface area contributed by atoms with Crippen LogP contribution in [0.3, 0.4) is 0 Å². The van der Waals surface area contributed by atoms with Gasteiger partial charge >= 0.3 is 0 Å². The Hall–Kier alpha value is -0.0600. The summed E-state index contributed by atoms with van der Waals surface area (Å²) in [4.78, 5) is 10.7. The first-order valence-corrected chi connectivity index (χ1v) is 4.02. The van der Waals surface area contributed by atoms with Gasteiger partial charge in [-0.05, 0) is 6.42 Å². The predicted octanol–water partition coefficient (Wildman–Crippen LogP) is 0.968. The second-order valence-corrected chi connectivity index (χ2v) is 2.80. The molecule has 66 valence electrons. The fraction of sp³-hybridized carbons (Fsp3) is 0.857. The minimum Gasteiger partial charge on any atom is -0.359 e. The quantitative estimate of drug-likeness (QED) is 0.487. The van der Waals surface area contributed by atoms with E-state index in [-0.39, 0.29) is 0 Å². The van der Waals surface area contributed by atoms with Crippen LogP contribution >= 0.6 is 12.6 Å². The standard InChI is InChI=1S/C7H14O3S/c1-3-4-5-7(9,10-2)6(8)11/h9H,3-5H2,1-2H3,(H,8,11). The molecule has 0 aliphatic heterocycles. The smallest absolute Gasteiger partial charge is 0.245 e. The van der Waals surface area contributed by atoms with E-state index in [0.29, 0.717) is 6.42 Å². The van der Waals surface area contributed by atoms with E-state index in [1.807, 2.05) is 6.92 Å². The molecular formula is C7H14O3S. The van der Waals surface area contributed by atoms with E-state index < -0.39 is 10.9 Å². The van der Waals surface area contributed by atoms with Gasteiger partial charge in [-0.1, -0.05) is 26.0 Å². The number of hydrogen-bond acceptors (Lipinski definition) is 3. The lowest BCUT2D eigenvalue weighted by atomic mass is 10.1. The van der Waals surface area contributed by atoms with Gasteiger partial charge in [0.2, 0.25) is 10.9 Å². The largest absolute Gasteiger partial charge is 0.359 e. The molecule has 0 aliphatic rings. The molecule has 0 aromatic carbocycles. The first-order chi connectivity index (χ1) is 5.06. The topological polar surface area (TPSA) is 46.5 Å². The molecule has 4 heteroatoms. The molecule has 11 heavy (non-hydrogen) atoms. The molecule has 0 rings (SSSR count). The van der Waals surface area contributed by atoms with E-state index in [2.05, 4.69) is 17.4 Å². The van der Waals surface area contributed by atoms with Crippen LogP contribution in [0.4, 0.5) is 0 Å². The van der Waals surface area contributed by atoms with E-state index in [1.165, 1.54) is 7.11 Å². The first kappa shape index (κ1) is 10.9. The van der Waals surface area contributed by atoms with Crippen LogP contribution in [0.1, 0.15) is 26.2 Å². The molecule has 1 unspecified atom stereocenters. The molecule has 0 heterocycles. The Bertz CT molecular complexity index is 138. The van der Waals surface area contributed by atoms with Crippen LogP contribution in [0.25, 0.3) is 0 Å². The van der Waals surface area contributed by atoms with E-state index in [0.717, 1.165) is 12.8 Å². The molecule has 0 aromatic rings. The number of carbonyl (C=O) groups excluding carboxylic acids is 1. The van der Waals surface area contributed by atoms with Crippen LogP contribution in [0.5, 0.6) is 0 Å². The van der Waals surface area contributed by atoms with Crippen LogP contribution in [-0.2, 0) is 9.53 Å². The summed E-state index contributed by atoms with van der Waals surface area (Å²) >= 11 is 3.52. The van der Waals surface area contributed by atoms with Crippen molar-refractivity contribution in [2.24, 2.45) is 0 Å². The van der Waals surface area contributed by atoms with Crippen molar-refractivity contribution in [3.05, 3.63) is 0 Å². The Morgan fingerprint density at radius 3 is 2.55 bits per heavy atom. The van der Waals surface area contributed by atoms with E-state index in [4.69, 9.17) is 0 Å². The second kappa shape index (κ2) is 4.74. The predicted molar refractivity (Wildman–Crippen MR) is 45.5 cm³/mol. The lowest BCUT2D eigenvalue weighted by Gasteiger charge is -2.21. The van der Waals surface area contributed by atoms with Gasteiger partial charge in [0.05, 0.1) is 0 Å². The van der Waals surface area contributed by atoms with E-state index in [1.54, 1.807) is 0 Å². The molecule has 0 aromatic heterocycles. The lowest BCUT2D eigenvalue weighted by molar-refractivity contribution is -0.188. The minimum absolute atomic E-state index is 0.308. The fourth-order valence-corrected chi connectivity index (χ4v) is 0.916. The summed E-state index contributed by atoms with van der Waals surface area (Å²) in [6, 6.07) is 0. The highest BCUT2D eigenvalue weighted by atomic mass is 32.1. The molecule has 0 saturated carbocycles. The van der Waals surface area contributed by atoms with Gasteiger partial charge in [-0.3, -0.25) is 4.79 Å². The minimum atomic E-state index is -1.68. The van der Waals surface area contributed by atoms with Crippen molar-refractivity contribution < 1.29 is 14.6 Å². The van der Waals surface area contributed by atoms with Gasteiger partial charge in [0, 0.05) is 13.5 Å². The normalized spacial score (nSPS) is 16.0. The summed E-state index contributed by atoms with van der Waals surface area (Å²) in [7, 11) is 1.30. The Kier molecular flexibility index (Phi) is 4.72. The van der Waals surface area contributed by atoms with Gasteiger partial charge in [0.1, 0.15) is 0 Å². The molecule has 0 fully saturated rings. The molecule has 3 nitrogen and oxygen atoms in total. The van der Waals surface area contributed by atoms with Gasteiger partial charge in [-0.2, -0.15) is 0 Å². The molecule has 0 aliphatic carbocycles. The maximum Gasteiger partial charge on any atom is 0.245 e. The maximum atomic E-state index is 10.7. The summed E-state index contributed by atoms with van der Waals surface area (Å²) in [5.74, 6) is -1.68. The van der Waals surface area contributed by atoms with Crippen molar-refractivity contribution in [2.75, 3.05) is 7.11 Å². The van der Waals surface area contributed by atoms with Crippen molar-refractivity contribution in [2.45, 2.75) is 32.0 Å². The van der Waals surface area contributed by atoms with E-state index in [9.17, 15) is 9.90 Å². The zero-order chi connectivity index (χ0) is 8.91. The van der Waals surface area contributed by atoms with Crippen LogP contribution in [0.15, 0.2) is 0 Å². The number of unbranched alkanes of at least 4 members (excludes halogenated alkanes) is 1. The Morgan fingerprint density at radius 1 is 1.73 bits per heavy atom. The van der Waals surface area contributed by atoms with Crippen molar-refractivity contribution in [3.8, 4) is 0 Å². The van der Waals surface area contributed by atoms with Gasteiger partial charge in [0.15, 0.2) is 0 Å². The fourth-order valence-electron chi connectivity index (χ4n) is 0.713. The second-order valence-electron chi connectivity index (χ2n) is 2.40. The zero-order valence-electron chi connectivity index (χ0n) is 6.83. The molecule has 1 N–H and O–H groups in total. The van der Waals surface area contributed by atoms with Gasteiger partial charge < -0.3 is 9.84 Å². The highest BCUT2D eigenvalue weighted by Crippen LogP contribution is 2.17. The lowest BCUT2D eigenvalue weighted by Crippen LogP contribution is -2.37. The molecule has 1 atom stereocenters. The molecular weight excluding hydrogens is 164 g/mol. The third-order valence-corrected chi connectivity index (χ3v) is 1.89. The molecule has 0 amide bonds. The van der Waals surface area contributed by atoms with Crippen molar-refractivity contribution in [1.82, 2.24) is 0 Å². The van der Waals surface area contributed by atoms with Crippen LogP contribution < -0.4 is 0 Å². The van der Waals surface area contributed by atoms with Crippen molar-refractivity contribution in [3.63, 3.8) is 0 Å². The third-order valence-electron chi connectivity index (χ3n) is 1.54. The molecule has 0 spiro atoms. The first-order valence-electron chi connectivity index (χ1n) is 3.57. The van der Waals surface area contributed by atoms with Gasteiger partial charge in [0.25, 0.3) is 0 Å². The SMILES string of the molecule is CCCCC(O)(OC)C(=O)S.